The molecule has 2 aliphatic heterocycles. The van der Waals surface area contributed by atoms with E-state index in [2.05, 4.69) is 0 Å². The van der Waals surface area contributed by atoms with Crippen molar-refractivity contribution >= 4 is 23.4 Å². The summed E-state index contributed by atoms with van der Waals surface area (Å²) in [4.78, 5) is 50.5. The van der Waals surface area contributed by atoms with Gasteiger partial charge in [-0.15, -0.1) is 0 Å². The topological polar surface area (TPSA) is 119 Å². The summed E-state index contributed by atoms with van der Waals surface area (Å²) in [7, 11) is 1.60. The van der Waals surface area contributed by atoms with E-state index in [1.807, 2.05) is 12.1 Å². The molecule has 0 saturated heterocycles. The third-order valence-corrected chi connectivity index (χ3v) is 5.19. The summed E-state index contributed by atoms with van der Waals surface area (Å²) in [6, 6.07) is 11.1. The Labute approximate surface area is 177 Å². The maximum Gasteiger partial charge on any atom is 0.282 e. The van der Waals surface area contributed by atoms with Crippen molar-refractivity contribution in [3.05, 3.63) is 63.7 Å². The van der Waals surface area contributed by atoms with Crippen molar-refractivity contribution in [1.29, 1.82) is 0 Å². The number of fused-ring (bicyclic) bond motifs is 2. The van der Waals surface area contributed by atoms with Gasteiger partial charge in [-0.3, -0.25) is 29.4 Å². The second kappa shape index (κ2) is 8.05. The van der Waals surface area contributed by atoms with Crippen LogP contribution in [0.15, 0.2) is 42.5 Å². The number of rotatable bonds is 6. The Kier molecular flexibility index (Phi) is 5.28. The van der Waals surface area contributed by atoms with Crippen molar-refractivity contribution in [2.75, 3.05) is 26.7 Å². The fraction of sp³-hybridized carbons (Fsp3) is 0.286. The van der Waals surface area contributed by atoms with Gasteiger partial charge in [0.2, 0.25) is 5.91 Å². The molecule has 2 heterocycles. The number of hydrogen-bond acceptors (Lipinski definition) is 7. The molecule has 10 nitrogen and oxygen atoms in total. The summed E-state index contributed by atoms with van der Waals surface area (Å²) >= 11 is 0. The summed E-state index contributed by atoms with van der Waals surface area (Å²) in [5.74, 6) is -0.448. The van der Waals surface area contributed by atoms with Crippen molar-refractivity contribution < 1.29 is 28.8 Å². The third-order valence-electron chi connectivity index (χ3n) is 5.19. The average molecular weight is 425 g/mol. The molecule has 3 amide bonds. The van der Waals surface area contributed by atoms with E-state index in [4.69, 9.17) is 9.47 Å². The number of nitrogens with zero attached hydrogens (tertiary/aromatic N) is 3. The predicted octanol–water partition coefficient (Wildman–Crippen LogP) is 1.88. The molecule has 0 aliphatic carbocycles. The van der Waals surface area contributed by atoms with Gasteiger partial charge in [-0.25, -0.2) is 0 Å². The van der Waals surface area contributed by atoms with E-state index in [9.17, 15) is 24.5 Å². The van der Waals surface area contributed by atoms with Crippen molar-refractivity contribution in [2.45, 2.75) is 12.5 Å². The van der Waals surface area contributed by atoms with Crippen LogP contribution in [0.25, 0.3) is 0 Å². The molecule has 0 radical (unpaired) electrons. The van der Waals surface area contributed by atoms with Gasteiger partial charge in [0, 0.05) is 26.1 Å². The van der Waals surface area contributed by atoms with E-state index >= 15 is 0 Å². The fourth-order valence-corrected chi connectivity index (χ4v) is 3.63. The van der Waals surface area contributed by atoms with Crippen LogP contribution in [0.1, 0.15) is 27.1 Å². The molecule has 2 aromatic rings. The standard InChI is InChI=1S/C21H19N3O7/c1-22(11-13-12-30-16-7-2-3-8-17(16)31-13)18(25)9-10-23-20(26)14-5-4-6-15(24(28)29)19(14)21(23)27/h2-8,13H,9-12H2,1H3/t13-/m1/s1. The van der Waals surface area contributed by atoms with Gasteiger partial charge in [-0.05, 0) is 18.2 Å². The summed E-state index contributed by atoms with van der Waals surface area (Å²) in [5, 5.41) is 11.2. The molecule has 0 unspecified atom stereocenters. The van der Waals surface area contributed by atoms with Crippen molar-refractivity contribution in [3.8, 4) is 11.5 Å². The summed E-state index contributed by atoms with van der Waals surface area (Å²) in [5.41, 5.74) is -0.673. The van der Waals surface area contributed by atoms with E-state index < -0.39 is 22.4 Å². The first-order chi connectivity index (χ1) is 14.9. The highest BCUT2D eigenvalue weighted by molar-refractivity contribution is 6.23. The number of imide groups is 1. The smallest absolute Gasteiger partial charge is 0.282 e. The van der Waals surface area contributed by atoms with Crippen LogP contribution in [0.2, 0.25) is 0 Å². The number of hydrogen-bond donors (Lipinski definition) is 0. The van der Waals surface area contributed by atoms with Gasteiger partial charge in [-0.2, -0.15) is 0 Å². The molecule has 0 bridgehead atoms. The van der Waals surface area contributed by atoms with Gasteiger partial charge in [0.05, 0.1) is 17.0 Å². The lowest BCUT2D eigenvalue weighted by Crippen LogP contribution is -2.43. The molecular weight excluding hydrogens is 406 g/mol. The van der Waals surface area contributed by atoms with Crippen LogP contribution in [0, 0.1) is 10.1 Å². The van der Waals surface area contributed by atoms with Gasteiger partial charge in [0.25, 0.3) is 17.5 Å². The minimum Gasteiger partial charge on any atom is -0.486 e. The number of para-hydroxylation sites is 2. The van der Waals surface area contributed by atoms with Crippen LogP contribution in [0.3, 0.4) is 0 Å². The van der Waals surface area contributed by atoms with E-state index in [1.54, 1.807) is 19.2 Å². The first-order valence-electron chi connectivity index (χ1n) is 9.63. The van der Waals surface area contributed by atoms with Crippen LogP contribution in [0.5, 0.6) is 11.5 Å². The predicted molar refractivity (Wildman–Crippen MR) is 107 cm³/mol. The number of carbonyl (C=O) groups is 3. The van der Waals surface area contributed by atoms with E-state index in [0.29, 0.717) is 11.5 Å². The minimum absolute atomic E-state index is 0.0218. The Morgan fingerprint density at radius 3 is 2.65 bits per heavy atom. The molecular formula is C21H19N3O7. The molecule has 0 aromatic heterocycles. The number of amides is 3. The number of ether oxygens (including phenoxy) is 2. The van der Waals surface area contributed by atoms with Gasteiger partial charge in [0.1, 0.15) is 12.2 Å². The number of likely N-dealkylation sites (N-methyl/N-ethyl adjacent to an activating group) is 1. The van der Waals surface area contributed by atoms with Crippen molar-refractivity contribution in [2.24, 2.45) is 0 Å². The molecule has 160 valence electrons. The van der Waals surface area contributed by atoms with Crippen LogP contribution in [0.4, 0.5) is 5.69 Å². The Morgan fingerprint density at radius 1 is 1.16 bits per heavy atom. The highest BCUT2D eigenvalue weighted by Crippen LogP contribution is 2.32. The molecule has 0 spiro atoms. The zero-order valence-corrected chi connectivity index (χ0v) is 16.6. The molecule has 2 aliphatic rings. The first kappa shape index (κ1) is 20.3. The summed E-state index contributed by atoms with van der Waals surface area (Å²) in [6.45, 7) is 0.384. The lowest BCUT2D eigenvalue weighted by Gasteiger charge is -2.29. The molecule has 0 saturated carbocycles. The van der Waals surface area contributed by atoms with E-state index in [0.717, 1.165) is 4.90 Å². The molecule has 10 heteroatoms. The highest BCUT2D eigenvalue weighted by atomic mass is 16.6. The Bertz CT molecular complexity index is 1080. The second-order valence-electron chi connectivity index (χ2n) is 7.24. The quantitative estimate of drug-likeness (QED) is 0.394. The van der Waals surface area contributed by atoms with E-state index in [1.165, 1.54) is 23.1 Å². The molecule has 2 aromatic carbocycles. The molecule has 0 fully saturated rings. The maximum absolute atomic E-state index is 12.6. The minimum atomic E-state index is -0.761. The van der Waals surface area contributed by atoms with Crippen molar-refractivity contribution in [1.82, 2.24) is 9.80 Å². The maximum atomic E-state index is 12.6. The van der Waals surface area contributed by atoms with Gasteiger partial charge in [0.15, 0.2) is 17.6 Å². The number of carbonyl (C=O) groups excluding carboxylic acids is 3. The second-order valence-corrected chi connectivity index (χ2v) is 7.24. The Balaban J connectivity index is 1.36. The number of benzene rings is 2. The first-order valence-corrected chi connectivity index (χ1v) is 9.63. The molecule has 31 heavy (non-hydrogen) atoms. The lowest BCUT2D eigenvalue weighted by molar-refractivity contribution is -0.385. The van der Waals surface area contributed by atoms with Crippen LogP contribution < -0.4 is 9.47 Å². The van der Waals surface area contributed by atoms with Crippen LogP contribution in [-0.2, 0) is 4.79 Å². The average Bonchev–Trinajstić information content (AvgIpc) is 3.01. The summed E-state index contributed by atoms with van der Waals surface area (Å²) in [6.07, 6.45) is -0.467. The fourth-order valence-electron chi connectivity index (χ4n) is 3.63. The highest BCUT2D eigenvalue weighted by Gasteiger charge is 2.41. The SMILES string of the molecule is CN(C[C@@H]1COc2ccccc2O1)C(=O)CCN1C(=O)c2cccc([N+](=O)[O-])c2C1=O. The zero-order chi connectivity index (χ0) is 22.1. The lowest BCUT2D eigenvalue weighted by atomic mass is 10.1. The Hall–Kier alpha value is -3.95. The van der Waals surface area contributed by atoms with Crippen molar-refractivity contribution in [3.63, 3.8) is 0 Å². The summed E-state index contributed by atoms with van der Waals surface area (Å²) < 4.78 is 11.5. The van der Waals surface area contributed by atoms with Gasteiger partial charge >= 0.3 is 0 Å². The molecule has 1 atom stereocenters. The number of nitro groups is 1. The largest absolute Gasteiger partial charge is 0.486 e. The Morgan fingerprint density at radius 2 is 1.90 bits per heavy atom. The van der Waals surface area contributed by atoms with Crippen LogP contribution >= 0.6 is 0 Å². The molecule has 0 N–H and O–H groups in total. The zero-order valence-electron chi connectivity index (χ0n) is 16.6. The normalized spacial score (nSPS) is 16.8. The van der Waals surface area contributed by atoms with Gasteiger partial charge in [-0.1, -0.05) is 18.2 Å². The van der Waals surface area contributed by atoms with Gasteiger partial charge < -0.3 is 14.4 Å². The molecule has 4 rings (SSSR count). The monoisotopic (exact) mass is 425 g/mol. The number of nitro benzene ring substituents is 1. The van der Waals surface area contributed by atoms with Crippen LogP contribution in [-0.4, -0.2) is 65.3 Å². The van der Waals surface area contributed by atoms with E-state index in [-0.39, 0.29) is 49.3 Å². The third kappa shape index (κ3) is 3.79.